The second kappa shape index (κ2) is 3.79. The molecule has 0 saturated carbocycles. The zero-order valence-electron chi connectivity index (χ0n) is 8.38. The van der Waals surface area contributed by atoms with E-state index in [0.29, 0.717) is 0 Å². The summed E-state index contributed by atoms with van der Waals surface area (Å²) in [4.78, 5) is 10.5. The Morgan fingerprint density at radius 3 is 2.12 bits per heavy atom. The summed E-state index contributed by atoms with van der Waals surface area (Å²) in [6.07, 6.45) is 0. The third-order valence-electron chi connectivity index (χ3n) is 2.33. The fourth-order valence-corrected chi connectivity index (χ4v) is 1.20. The molecular weight excluding hydrogens is 223 g/mol. The number of rotatable bonds is 3. The topological polar surface area (TPSA) is 63.3 Å². The zero-order chi connectivity index (χ0) is 12.6. The van der Waals surface area contributed by atoms with Crippen LogP contribution in [0.5, 0.6) is 0 Å². The third-order valence-corrected chi connectivity index (χ3v) is 2.33. The van der Waals surface area contributed by atoms with E-state index in [1.165, 1.54) is 0 Å². The Hall–Kier alpha value is -1.56. The average Bonchev–Trinajstić information content (AvgIpc) is 2.17. The highest BCUT2D eigenvalue weighted by atomic mass is 19.3. The van der Waals surface area contributed by atoms with Crippen molar-refractivity contribution in [2.45, 2.75) is 18.4 Å². The first kappa shape index (κ1) is 12.5. The number of primary amides is 1. The summed E-state index contributed by atoms with van der Waals surface area (Å²) in [5.74, 6) is -6.71. The maximum atomic E-state index is 13.3. The van der Waals surface area contributed by atoms with Crippen molar-refractivity contribution in [1.29, 1.82) is 0 Å². The van der Waals surface area contributed by atoms with Gasteiger partial charge < -0.3 is 10.8 Å². The van der Waals surface area contributed by atoms with Gasteiger partial charge in [0.05, 0.1) is 0 Å². The summed E-state index contributed by atoms with van der Waals surface area (Å²) in [5.41, 5.74) is 1.44. The lowest BCUT2D eigenvalue weighted by molar-refractivity contribution is -0.188. The van der Waals surface area contributed by atoms with Crippen molar-refractivity contribution in [1.82, 2.24) is 0 Å². The number of amides is 1. The van der Waals surface area contributed by atoms with Gasteiger partial charge in [0.1, 0.15) is 5.82 Å². The van der Waals surface area contributed by atoms with E-state index in [9.17, 15) is 23.1 Å². The number of nitrogens with two attached hydrogens (primary N) is 1. The highest BCUT2D eigenvalue weighted by molar-refractivity contribution is 5.83. The fraction of sp³-hybridized carbons (Fsp3) is 0.300. The van der Waals surface area contributed by atoms with Gasteiger partial charge in [0, 0.05) is 0 Å². The van der Waals surface area contributed by atoms with Crippen LogP contribution in [-0.4, -0.2) is 16.9 Å². The Kier molecular flexibility index (Phi) is 2.96. The molecule has 3 N–H and O–H groups in total. The number of benzene rings is 1. The smallest absolute Gasteiger partial charge is 0.355 e. The van der Waals surface area contributed by atoms with E-state index in [1.807, 2.05) is 0 Å². The highest BCUT2D eigenvalue weighted by Crippen LogP contribution is 2.37. The van der Waals surface area contributed by atoms with Gasteiger partial charge in [-0.1, -0.05) is 12.1 Å². The molecule has 0 heterocycles. The lowest BCUT2D eigenvalue weighted by Crippen LogP contribution is -2.52. The summed E-state index contributed by atoms with van der Waals surface area (Å²) in [5, 5.41) is 9.60. The van der Waals surface area contributed by atoms with E-state index in [-0.39, 0.29) is 5.56 Å². The van der Waals surface area contributed by atoms with Gasteiger partial charge in [-0.3, -0.25) is 4.79 Å². The second-order valence-corrected chi connectivity index (χ2v) is 3.52. The minimum Gasteiger partial charge on any atom is -0.379 e. The molecule has 0 aromatic heterocycles. The van der Waals surface area contributed by atoms with Crippen molar-refractivity contribution in [2.24, 2.45) is 5.73 Å². The van der Waals surface area contributed by atoms with Crippen molar-refractivity contribution < 1.29 is 23.1 Å². The molecule has 6 heteroatoms. The minimum absolute atomic E-state index is 0.294. The second-order valence-electron chi connectivity index (χ2n) is 3.52. The first-order valence-electron chi connectivity index (χ1n) is 4.35. The number of hydrogen-bond donors (Lipinski definition) is 2. The molecule has 0 aliphatic heterocycles. The molecule has 0 aliphatic carbocycles. The van der Waals surface area contributed by atoms with Gasteiger partial charge in [0.2, 0.25) is 0 Å². The molecule has 0 aliphatic rings. The van der Waals surface area contributed by atoms with Crippen LogP contribution >= 0.6 is 0 Å². The molecule has 0 saturated heterocycles. The van der Waals surface area contributed by atoms with Crippen molar-refractivity contribution in [3.8, 4) is 0 Å². The van der Waals surface area contributed by atoms with Crippen LogP contribution in [-0.2, 0) is 10.4 Å². The van der Waals surface area contributed by atoms with Crippen LogP contribution in [0.3, 0.4) is 0 Å². The highest BCUT2D eigenvalue weighted by Gasteiger charge is 2.55. The first-order chi connectivity index (χ1) is 7.19. The minimum atomic E-state index is -4.13. The van der Waals surface area contributed by atoms with Gasteiger partial charge in [-0.2, -0.15) is 8.78 Å². The van der Waals surface area contributed by atoms with Crippen molar-refractivity contribution in [2.75, 3.05) is 0 Å². The van der Waals surface area contributed by atoms with Crippen molar-refractivity contribution in [3.63, 3.8) is 0 Å². The van der Waals surface area contributed by atoms with Gasteiger partial charge in [-0.05, 0) is 24.6 Å². The quantitative estimate of drug-likeness (QED) is 0.822. The number of aliphatic hydroxyl groups is 1. The third kappa shape index (κ3) is 1.88. The van der Waals surface area contributed by atoms with E-state index in [4.69, 9.17) is 0 Å². The summed E-state index contributed by atoms with van der Waals surface area (Å²) in [6.45, 7) is 0.741. The van der Waals surface area contributed by atoms with Crippen molar-refractivity contribution >= 4 is 5.91 Å². The van der Waals surface area contributed by atoms with Gasteiger partial charge >= 0.3 is 5.92 Å². The largest absolute Gasteiger partial charge is 0.379 e. The molecule has 1 amide bonds. The maximum absolute atomic E-state index is 13.3. The van der Waals surface area contributed by atoms with Gasteiger partial charge in [0.25, 0.3) is 5.91 Å². The lowest BCUT2D eigenvalue weighted by Gasteiger charge is -2.30. The Balaban J connectivity index is 3.20. The number of carbonyl (C=O) groups excluding carboxylic acids is 1. The standard InChI is InChI=1S/C10H10F3NO2/c1-9(16,10(12,13)8(14)15)6-2-4-7(11)5-3-6/h2-5,16H,1H3,(H2,14,15). The normalized spacial score (nSPS) is 15.6. The van der Waals surface area contributed by atoms with Crippen LogP contribution in [0.4, 0.5) is 13.2 Å². The Bertz CT molecular complexity index is 401. The fourth-order valence-electron chi connectivity index (χ4n) is 1.20. The predicted octanol–water partition coefficient (Wildman–Crippen LogP) is 1.15. The summed E-state index contributed by atoms with van der Waals surface area (Å²) >= 11 is 0. The molecule has 16 heavy (non-hydrogen) atoms. The zero-order valence-corrected chi connectivity index (χ0v) is 8.38. The molecule has 88 valence electrons. The molecule has 3 nitrogen and oxygen atoms in total. The maximum Gasteiger partial charge on any atom is 0.355 e. The number of carbonyl (C=O) groups is 1. The Morgan fingerprint density at radius 2 is 1.75 bits per heavy atom. The van der Waals surface area contributed by atoms with Crippen LogP contribution in [0.25, 0.3) is 0 Å². The Morgan fingerprint density at radius 1 is 1.31 bits per heavy atom. The molecule has 1 aromatic rings. The molecule has 1 aromatic carbocycles. The number of halogens is 3. The SMILES string of the molecule is CC(O)(c1ccc(F)cc1)C(F)(F)C(N)=O. The molecule has 1 atom stereocenters. The average molecular weight is 233 g/mol. The van der Waals surface area contributed by atoms with E-state index in [1.54, 1.807) is 0 Å². The van der Waals surface area contributed by atoms with Gasteiger partial charge in [-0.25, -0.2) is 4.39 Å². The molecule has 0 bridgehead atoms. The summed E-state index contributed by atoms with van der Waals surface area (Å²) in [7, 11) is 0. The number of alkyl halides is 2. The van der Waals surface area contributed by atoms with E-state index < -0.39 is 23.2 Å². The molecule has 0 fully saturated rings. The predicted molar refractivity (Wildman–Crippen MR) is 50.1 cm³/mol. The van der Waals surface area contributed by atoms with Crippen molar-refractivity contribution in [3.05, 3.63) is 35.6 Å². The summed E-state index contributed by atoms with van der Waals surface area (Å²) < 4.78 is 39.2. The van der Waals surface area contributed by atoms with E-state index in [2.05, 4.69) is 5.73 Å². The first-order valence-corrected chi connectivity index (χ1v) is 4.35. The molecule has 0 spiro atoms. The molecule has 0 radical (unpaired) electrons. The van der Waals surface area contributed by atoms with Crippen LogP contribution < -0.4 is 5.73 Å². The van der Waals surface area contributed by atoms with Crippen LogP contribution in [0, 0.1) is 5.82 Å². The summed E-state index contributed by atoms with van der Waals surface area (Å²) in [6, 6.07) is 3.74. The van der Waals surface area contributed by atoms with Gasteiger partial charge in [-0.15, -0.1) is 0 Å². The Labute approximate surface area is 89.7 Å². The number of hydrogen-bond acceptors (Lipinski definition) is 2. The monoisotopic (exact) mass is 233 g/mol. The lowest BCUT2D eigenvalue weighted by atomic mass is 9.89. The van der Waals surface area contributed by atoms with Gasteiger partial charge in [0.15, 0.2) is 5.60 Å². The van der Waals surface area contributed by atoms with E-state index >= 15 is 0 Å². The van der Waals surface area contributed by atoms with E-state index in [0.717, 1.165) is 31.2 Å². The van der Waals surface area contributed by atoms with Crippen LogP contribution in [0.1, 0.15) is 12.5 Å². The molecule has 1 unspecified atom stereocenters. The van der Waals surface area contributed by atoms with Crippen LogP contribution in [0.2, 0.25) is 0 Å². The van der Waals surface area contributed by atoms with Crippen LogP contribution in [0.15, 0.2) is 24.3 Å². The molecular formula is C10H10F3NO2. The molecule has 1 rings (SSSR count).